The van der Waals surface area contributed by atoms with Gasteiger partial charge in [0.25, 0.3) is 0 Å². The van der Waals surface area contributed by atoms with Crippen molar-refractivity contribution in [2.24, 2.45) is 0 Å². The average Bonchev–Trinajstić information content (AvgIpc) is 2.29. The third-order valence-corrected chi connectivity index (χ3v) is 2.13. The summed E-state index contributed by atoms with van der Waals surface area (Å²) in [7, 11) is 0. The molecule has 0 fully saturated rings. The maximum Gasteiger partial charge on any atom is 0.340 e. The molecule has 0 aromatic carbocycles. The highest BCUT2D eigenvalue weighted by Gasteiger charge is 2.08. The second-order valence-electron chi connectivity index (χ2n) is 2.85. The minimum Gasteiger partial charge on any atom is -0.478 e. The smallest absolute Gasteiger partial charge is 0.340 e. The molecule has 0 aliphatic carbocycles. The van der Waals surface area contributed by atoms with Crippen molar-refractivity contribution < 1.29 is 9.90 Å². The van der Waals surface area contributed by atoms with Gasteiger partial charge in [-0.3, -0.25) is 0 Å². The molecular weight excluding hydrogens is 228 g/mol. The standard InChI is InChI=1S/C9H6N4O2S/c14-9(15)5-4-12-7(13-8(5)16)6-10-2-1-3-11-6/h1-4H,(H,14,15)(H,12,13,16). The molecule has 0 amide bonds. The molecule has 2 heterocycles. The van der Waals surface area contributed by atoms with E-state index in [4.69, 9.17) is 17.3 Å². The van der Waals surface area contributed by atoms with Gasteiger partial charge < -0.3 is 10.1 Å². The third-order valence-electron chi connectivity index (χ3n) is 1.81. The van der Waals surface area contributed by atoms with Crippen LogP contribution >= 0.6 is 12.2 Å². The van der Waals surface area contributed by atoms with E-state index in [0.29, 0.717) is 11.6 Å². The van der Waals surface area contributed by atoms with Gasteiger partial charge in [-0.05, 0) is 6.07 Å². The summed E-state index contributed by atoms with van der Waals surface area (Å²) in [5.74, 6) is -0.407. The number of carboxylic acid groups (broad SMARTS) is 1. The zero-order valence-electron chi connectivity index (χ0n) is 7.91. The quantitative estimate of drug-likeness (QED) is 0.761. The van der Waals surface area contributed by atoms with Crippen molar-refractivity contribution in [2.45, 2.75) is 0 Å². The van der Waals surface area contributed by atoms with Crippen LogP contribution in [-0.2, 0) is 0 Å². The Morgan fingerprint density at radius 1 is 1.31 bits per heavy atom. The number of carboxylic acids is 1. The van der Waals surface area contributed by atoms with Gasteiger partial charge in [0.1, 0.15) is 10.2 Å². The number of hydrogen-bond acceptors (Lipinski definition) is 5. The summed E-state index contributed by atoms with van der Waals surface area (Å²) in [6.07, 6.45) is 4.31. The summed E-state index contributed by atoms with van der Waals surface area (Å²) in [6.45, 7) is 0. The average molecular weight is 234 g/mol. The Morgan fingerprint density at radius 2 is 2.00 bits per heavy atom. The number of carbonyl (C=O) groups is 1. The van der Waals surface area contributed by atoms with Crippen LogP contribution in [0.15, 0.2) is 24.7 Å². The number of rotatable bonds is 2. The fourth-order valence-electron chi connectivity index (χ4n) is 1.08. The lowest BCUT2D eigenvalue weighted by Crippen LogP contribution is -2.02. The lowest BCUT2D eigenvalue weighted by Gasteiger charge is -1.99. The first-order chi connectivity index (χ1) is 7.68. The molecule has 0 saturated carbocycles. The zero-order chi connectivity index (χ0) is 11.5. The molecular formula is C9H6N4O2S. The molecule has 2 aromatic rings. The molecule has 0 bridgehead atoms. The van der Waals surface area contributed by atoms with Crippen LogP contribution in [0.25, 0.3) is 11.6 Å². The van der Waals surface area contributed by atoms with E-state index in [2.05, 4.69) is 19.9 Å². The minimum atomic E-state index is -1.12. The van der Waals surface area contributed by atoms with Crippen LogP contribution in [0.2, 0.25) is 0 Å². The van der Waals surface area contributed by atoms with E-state index >= 15 is 0 Å². The van der Waals surface area contributed by atoms with Crippen molar-refractivity contribution in [1.82, 2.24) is 19.9 Å². The monoisotopic (exact) mass is 234 g/mol. The van der Waals surface area contributed by atoms with Gasteiger partial charge in [0, 0.05) is 18.6 Å². The number of aromatic nitrogens is 4. The van der Waals surface area contributed by atoms with E-state index in [-0.39, 0.29) is 10.2 Å². The number of hydrogen-bond donors (Lipinski definition) is 2. The molecule has 0 aliphatic heterocycles. The van der Waals surface area contributed by atoms with Gasteiger partial charge in [0.2, 0.25) is 0 Å². The molecule has 80 valence electrons. The van der Waals surface area contributed by atoms with Crippen LogP contribution in [-0.4, -0.2) is 31.0 Å². The third kappa shape index (κ3) is 1.94. The molecule has 0 aliphatic rings. The molecule has 6 nitrogen and oxygen atoms in total. The van der Waals surface area contributed by atoms with Gasteiger partial charge in [0.15, 0.2) is 11.6 Å². The molecule has 0 radical (unpaired) electrons. The lowest BCUT2D eigenvalue weighted by atomic mass is 10.3. The van der Waals surface area contributed by atoms with Crippen molar-refractivity contribution in [3.05, 3.63) is 34.9 Å². The molecule has 0 unspecified atom stereocenters. The number of H-pyrrole nitrogens is 1. The fourth-order valence-corrected chi connectivity index (χ4v) is 1.32. The zero-order valence-corrected chi connectivity index (χ0v) is 8.73. The Bertz CT molecular complexity index is 582. The summed E-state index contributed by atoms with van der Waals surface area (Å²) in [6, 6.07) is 1.67. The highest BCUT2D eigenvalue weighted by atomic mass is 32.1. The fraction of sp³-hybridized carbons (Fsp3) is 0. The van der Waals surface area contributed by atoms with Crippen molar-refractivity contribution in [3.8, 4) is 11.6 Å². The van der Waals surface area contributed by atoms with E-state index in [9.17, 15) is 4.79 Å². The minimum absolute atomic E-state index is 0.0466. The van der Waals surface area contributed by atoms with E-state index in [0.717, 1.165) is 0 Å². The second-order valence-corrected chi connectivity index (χ2v) is 3.26. The normalized spacial score (nSPS) is 10.0. The Balaban J connectivity index is 2.51. The van der Waals surface area contributed by atoms with Crippen LogP contribution in [0.3, 0.4) is 0 Å². The molecule has 2 rings (SSSR count). The van der Waals surface area contributed by atoms with Gasteiger partial charge >= 0.3 is 5.97 Å². The molecule has 2 aromatic heterocycles. The summed E-state index contributed by atoms with van der Waals surface area (Å²) in [4.78, 5) is 25.2. The Hall–Kier alpha value is -2.15. The lowest BCUT2D eigenvalue weighted by molar-refractivity contribution is 0.0695. The SMILES string of the molecule is O=C(O)c1cnc(-c2ncccn2)[nH]c1=S. The summed E-state index contributed by atoms with van der Waals surface area (Å²) in [5.41, 5.74) is -0.0466. The van der Waals surface area contributed by atoms with Gasteiger partial charge in [-0.1, -0.05) is 12.2 Å². The molecule has 0 saturated heterocycles. The van der Waals surface area contributed by atoms with Crippen LogP contribution in [0, 0.1) is 4.64 Å². The summed E-state index contributed by atoms with van der Waals surface area (Å²) in [5, 5.41) is 8.77. The first-order valence-corrected chi connectivity index (χ1v) is 4.69. The highest BCUT2D eigenvalue weighted by molar-refractivity contribution is 7.71. The molecule has 7 heteroatoms. The second kappa shape index (κ2) is 4.15. The highest BCUT2D eigenvalue weighted by Crippen LogP contribution is 2.08. The predicted molar refractivity (Wildman–Crippen MR) is 57.4 cm³/mol. The van der Waals surface area contributed by atoms with Crippen LogP contribution in [0.5, 0.6) is 0 Å². The van der Waals surface area contributed by atoms with Crippen LogP contribution in [0.1, 0.15) is 10.4 Å². The Kier molecular flexibility index (Phi) is 2.69. The largest absolute Gasteiger partial charge is 0.478 e. The van der Waals surface area contributed by atoms with Gasteiger partial charge in [0.05, 0.1) is 0 Å². The van der Waals surface area contributed by atoms with E-state index in [1.54, 1.807) is 18.5 Å². The first kappa shape index (κ1) is 10.4. The van der Waals surface area contributed by atoms with Gasteiger partial charge in [-0.15, -0.1) is 0 Å². The van der Waals surface area contributed by atoms with E-state index in [1.807, 2.05) is 0 Å². The van der Waals surface area contributed by atoms with Crippen molar-refractivity contribution in [1.29, 1.82) is 0 Å². The number of aromatic carboxylic acids is 1. The molecule has 0 spiro atoms. The van der Waals surface area contributed by atoms with Crippen molar-refractivity contribution >= 4 is 18.2 Å². The van der Waals surface area contributed by atoms with Crippen LogP contribution < -0.4 is 0 Å². The molecule has 2 N–H and O–H groups in total. The maximum absolute atomic E-state index is 10.7. The van der Waals surface area contributed by atoms with Crippen LogP contribution in [0.4, 0.5) is 0 Å². The van der Waals surface area contributed by atoms with Crippen molar-refractivity contribution in [2.75, 3.05) is 0 Å². The summed E-state index contributed by atoms with van der Waals surface area (Å²) < 4.78 is 0.102. The van der Waals surface area contributed by atoms with E-state index < -0.39 is 5.97 Å². The Morgan fingerprint density at radius 3 is 2.56 bits per heavy atom. The number of nitrogens with zero attached hydrogens (tertiary/aromatic N) is 3. The number of nitrogens with one attached hydrogen (secondary N) is 1. The number of aromatic amines is 1. The van der Waals surface area contributed by atoms with Gasteiger partial charge in [-0.2, -0.15) is 0 Å². The van der Waals surface area contributed by atoms with Gasteiger partial charge in [-0.25, -0.2) is 19.7 Å². The predicted octanol–water partition coefficient (Wildman–Crippen LogP) is 1.29. The Labute approximate surface area is 95.0 Å². The molecule has 0 atom stereocenters. The first-order valence-electron chi connectivity index (χ1n) is 4.28. The maximum atomic E-state index is 10.7. The topological polar surface area (TPSA) is 91.8 Å². The summed E-state index contributed by atoms with van der Waals surface area (Å²) >= 11 is 4.88. The van der Waals surface area contributed by atoms with Crippen molar-refractivity contribution in [3.63, 3.8) is 0 Å². The van der Waals surface area contributed by atoms with E-state index in [1.165, 1.54) is 6.20 Å². The molecule has 16 heavy (non-hydrogen) atoms.